The van der Waals surface area contributed by atoms with Crippen LogP contribution in [-0.2, 0) is 19.1 Å². The second kappa shape index (κ2) is 10.5. The van der Waals surface area contributed by atoms with Crippen molar-refractivity contribution in [2.24, 2.45) is 0 Å². The van der Waals surface area contributed by atoms with Crippen molar-refractivity contribution in [3.8, 4) is 0 Å². The van der Waals surface area contributed by atoms with Gasteiger partial charge < -0.3 is 15.0 Å². The Kier molecular flexibility index (Phi) is 7.70. The molecular formula is C25H27ClN2O4. The van der Waals surface area contributed by atoms with Crippen molar-refractivity contribution in [3.05, 3.63) is 82.0 Å². The molecule has 0 aromatic heterocycles. The fourth-order valence-electron chi connectivity index (χ4n) is 3.91. The summed E-state index contributed by atoms with van der Waals surface area (Å²) in [6.45, 7) is 5.34. The molecule has 0 spiro atoms. The molecule has 2 aromatic carbocycles. The van der Waals surface area contributed by atoms with Gasteiger partial charge in [0, 0.05) is 23.1 Å². The Hall–Kier alpha value is -3.12. The lowest BCUT2D eigenvalue weighted by molar-refractivity contribution is -0.141. The predicted molar refractivity (Wildman–Crippen MR) is 123 cm³/mol. The third kappa shape index (κ3) is 5.37. The number of nitrogens with one attached hydrogen (secondary N) is 1. The van der Waals surface area contributed by atoms with E-state index in [1.165, 1.54) is 4.90 Å². The Balaban J connectivity index is 1.85. The van der Waals surface area contributed by atoms with E-state index in [1.54, 1.807) is 38.1 Å². The third-order valence-corrected chi connectivity index (χ3v) is 5.82. The molecule has 0 fully saturated rings. The molecule has 3 rings (SSSR count). The lowest BCUT2D eigenvalue weighted by Gasteiger charge is -2.34. The predicted octanol–water partition coefficient (Wildman–Crippen LogP) is 4.37. The minimum Gasteiger partial charge on any atom is -0.463 e. The van der Waals surface area contributed by atoms with Gasteiger partial charge in [-0.05, 0) is 44.0 Å². The standard InChI is InChI=1S/C25H27ClN2O4/c1-4-32-25(31)24-17(3)28(15-22(29)27-16(2)18-8-6-5-7-9-18)23(30)14-21(24)19-10-12-20(26)13-11-19/h5-13,16,21H,4,14-15H2,1-3H3,(H,27,29). The van der Waals surface area contributed by atoms with Gasteiger partial charge >= 0.3 is 5.97 Å². The maximum absolute atomic E-state index is 13.0. The molecule has 0 aliphatic carbocycles. The number of ether oxygens (including phenoxy) is 1. The largest absolute Gasteiger partial charge is 0.463 e. The van der Waals surface area contributed by atoms with Crippen molar-refractivity contribution in [2.75, 3.05) is 13.2 Å². The lowest BCUT2D eigenvalue weighted by Crippen LogP contribution is -2.44. The van der Waals surface area contributed by atoms with E-state index in [0.717, 1.165) is 11.1 Å². The van der Waals surface area contributed by atoms with Gasteiger partial charge in [-0.15, -0.1) is 0 Å². The molecule has 1 aliphatic rings. The number of allylic oxidation sites excluding steroid dienone is 1. The Morgan fingerprint density at radius 1 is 1.16 bits per heavy atom. The number of carbonyl (C=O) groups excluding carboxylic acids is 3. The van der Waals surface area contributed by atoms with Crippen molar-refractivity contribution in [1.82, 2.24) is 10.2 Å². The summed E-state index contributed by atoms with van der Waals surface area (Å²) in [6, 6.07) is 16.4. The molecule has 1 heterocycles. The van der Waals surface area contributed by atoms with Gasteiger partial charge in [0.25, 0.3) is 0 Å². The molecule has 0 bridgehead atoms. The van der Waals surface area contributed by atoms with Gasteiger partial charge in [0.1, 0.15) is 6.54 Å². The second-order valence-electron chi connectivity index (χ2n) is 7.71. The number of esters is 1. The molecule has 0 saturated carbocycles. The summed E-state index contributed by atoms with van der Waals surface area (Å²) < 4.78 is 5.28. The smallest absolute Gasteiger partial charge is 0.336 e. The van der Waals surface area contributed by atoms with Crippen LogP contribution in [0.4, 0.5) is 0 Å². The molecule has 168 valence electrons. The lowest BCUT2D eigenvalue weighted by atomic mass is 9.83. The number of benzene rings is 2. The topological polar surface area (TPSA) is 75.7 Å². The maximum Gasteiger partial charge on any atom is 0.336 e. The number of hydrogen-bond acceptors (Lipinski definition) is 4. The van der Waals surface area contributed by atoms with Crippen LogP contribution in [0, 0.1) is 0 Å². The first-order valence-electron chi connectivity index (χ1n) is 10.6. The Labute approximate surface area is 193 Å². The van der Waals surface area contributed by atoms with E-state index in [-0.39, 0.29) is 37.4 Å². The maximum atomic E-state index is 13.0. The van der Waals surface area contributed by atoms with Crippen molar-refractivity contribution in [1.29, 1.82) is 0 Å². The first-order valence-corrected chi connectivity index (χ1v) is 11.0. The molecule has 2 aromatic rings. The molecule has 0 saturated heterocycles. The van der Waals surface area contributed by atoms with Crippen LogP contribution in [0.25, 0.3) is 0 Å². The summed E-state index contributed by atoms with van der Waals surface area (Å²) in [5.74, 6) is -1.47. The van der Waals surface area contributed by atoms with Gasteiger partial charge in [0.15, 0.2) is 0 Å². The number of hydrogen-bond donors (Lipinski definition) is 1. The quantitative estimate of drug-likeness (QED) is 0.630. The fraction of sp³-hybridized carbons (Fsp3) is 0.320. The minimum absolute atomic E-state index is 0.0641. The van der Waals surface area contributed by atoms with Gasteiger partial charge in [-0.3, -0.25) is 9.59 Å². The Bertz CT molecular complexity index is 1020. The minimum atomic E-state index is -0.486. The average Bonchev–Trinajstić information content (AvgIpc) is 2.77. The number of amides is 2. The molecule has 2 amide bonds. The normalized spacial score (nSPS) is 17.2. The first kappa shape index (κ1) is 23.5. The summed E-state index contributed by atoms with van der Waals surface area (Å²) in [6.07, 6.45) is 0.0641. The van der Waals surface area contributed by atoms with Crippen LogP contribution in [0.2, 0.25) is 5.02 Å². The van der Waals surface area contributed by atoms with Crippen LogP contribution in [-0.4, -0.2) is 35.8 Å². The zero-order valence-electron chi connectivity index (χ0n) is 18.4. The number of carbonyl (C=O) groups is 3. The van der Waals surface area contributed by atoms with E-state index in [2.05, 4.69) is 5.32 Å². The van der Waals surface area contributed by atoms with E-state index in [1.807, 2.05) is 37.3 Å². The van der Waals surface area contributed by atoms with Crippen LogP contribution in [0.15, 0.2) is 65.9 Å². The highest BCUT2D eigenvalue weighted by molar-refractivity contribution is 6.30. The van der Waals surface area contributed by atoms with Crippen LogP contribution in [0.3, 0.4) is 0 Å². The van der Waals surface area contributed by atoms with E-state index < -0.39 is 11.9 Å². The third-order valence-electron chi connectivity index (χ3n) is 5.57. The SMILES string of the molecule is CCOC(=O)C1=C(C)N(CC(=O)NC(C)c2ccccc2)C(=O)CC1c1ccc(Cl)cc1. The van der Waals surface area contributed by atoms with Crippen molar-refractivity contribution < 1.29 is 19.1 Å². The van der Waals surface area contributed by atoms with Gasteiger partial charge in [-0.2, -0.15) is 0 Å². The van der Waals surface area contributed by atoms with Gasteiger partial charge in [0.2, 0.25) is 11.8 Å². The van der Waals surface area contributed by atoms with Gasteiger partial charge in [0.05, 0.1) is 18.2 Å². The molecule has 7 heteroatoms. The monoisotopic (exact) mass is 454 g/mol. The summed E-state index contributed by atoms with van der Waals surface area (Å²) in [4.78, 5) is 39.9. The Morgan fingerprint density at radius 3 is 2.44 bits per heavy atom. The van der Waals surface area contributed by atoms with Crippen LogP contribution >= 0.6 is 11.6 Å². The molecule has 6 nitrogen and oxygen atoms in total. The van der Waals surface area contributed by atoms with Crippen LogP contribution in [0.1, 0.15) is 50.3 Å². The van der Waals surface area contributed by atoms with Crippen LogP contribution < -0.4 is 5.32 Å². The fourth-order valence-corrected chi connectivity index (χ4v) is 4.04. The summed E-state index contributed by atoms with van der Waals surface area (Å²) in [5, 5.41) is 3.49. The first-order chi connectivity index (χ1) is 15.3. The van der Waals surface area contributed by atoms with E-state index >= 15 is 0 Å². The van der Waals surface area contributed by atoms with E-state index in [9.17, 15) is 14.4 Å². The molecule has 0 radical (unpaired) electrons. The summed E-state index contributed by atoms with van der Waals surface area (Å²) in [5.41, 5.74) is 2.58. The highest BCUT2D eigenvalue weighted by Gasteiger charge is 2.37. The molecule has 32 heavy (non-hydrogen) atoms. The zero-order valence-corrected chi connectivity index (χ0v) is 19.2. The van der Waals surface area contributed by atoms with Crippen LogP contribution in [0.5, 0.6) is 0 Å². The van der Waals surface area contributed by atoms with Gasteiger partial charge in [-0.25, -0.2) is 4.79 Å². The number of rotatable bonds is 7. The zero-order chi connectivity index (χ0) is 23.3. The van der Waals surface area contributed by atoms with E-state index in [0.29, 0.717) is 16.3 Å². The van der Waals surface area contributed by atoms with Crippen molar-refractivity contribution >= 4 is 29.4 Å². The molecule has 2 atom stereocenters. The molecule has 2 unspecified atom stereocenters. The summed E-state index contributed by atoms with van der Waals surface area (Å²) in [7, 11) is 0. The van der Waals surface area contributed by atoms with Gasteiger partial charge in [-0.1, -0.05) is 54.1 Å². The van der Waals surface area contributed by atoms with E-state index in [4.69, 9.17) is 16.3 Å². The molecule has 1 aliphatic heterocycles. The Morgan fingerprint density at radius 2 is 1.81 bits per heavy atom. The molecular weight excluding hydrogens is 428 g/mol. The second-order valence-corrected chi connectivity index (χ2v) is 8.14. The number of nitrogens with zero attached hydrogens (tertiary/aromatic N) is 1. The summed E-state index contributed by atoms with van der Waals surface area (Å²) >= 11 is 6.00. The average molecular weight is 455 g/mol. The molecule has 1 N–H and O–H groups in total. The van der Waals surface area contributed by atoms with Crippen molar-refractivity contribution in [3.63, 3.8) is 0 Å². The highest BCUT2D eigenvalue weighted by Crippen LogP contribution is 2.37. The van der Waals surface area contributed by atoms with Crippen molar-refractivity contribution in [2.45, 2.75) is 39.2 Å². The highest BCUT2D eigenvalue weighted by atomic mass is 35.5. The number of halogens is 1.